The maximum atomic E-state index is 12.3. The first-order valence-electron chi connectivity index (χ1n) is 6.63. The van der Waals surface area contributed by atoms with E-state index in [2.05, 4.69) is 5.32 Å². The normalized spacial score (nSPS) is 25.4. The highest BCUT2D eigenvalue weighted by atomic mass is 16.2. The van der Waals surface area contributed by atoms with Crippen molar-refractivity contribution in [3.63, 3.8) is 0 Å². The van der Waals surface area contributed by atoms with Crippen LogP contribution >= 0.6 is 0 Å². The lowest BCUT2D eigenvalue weighted by Gasteiger charge is -2.40. The summed E-state index contributed by atoms with van der Waals surface area (Å²) >= 11 is 0. The largest absolute Gasteiger partial charge is 0.342 e. The van der Waals surface area contributed by atoms with Gasteiger partial charge in [0.2, 0.25) is 11.8 Å². The smallest absolute Gasteiger partial charge is 0.246 e. The minimum absolute atomic E-state index is 0.0126. The Morgan fingerprint density at radius 3 is 2.35 bits per heavy atom. The Labute approximate surface area is 104 Å². The number of hydrogen-bond acceptors (Lipinski definition) is 2. The standard InChI is InChI=1S/C13H24N2O2/c1-5-7-10-12(16)14-11(9(3)4)13(17)15(10)8-6-2/h9-11H,5-8H2,1-4H3,(H,14,16). The quantitative estimate of drug-likeness (QED) is 0.792. The van der Waals surface area contributed by atoms with Crippen molar-refractivity contribution >= 4 is 11.8 Å². The molecular weight excluding hydrogens is 216 g/mol. The number of rotatable bonds is 5. The third kappa shape index (κ3) is 2.99. The molecule has 0 aromatic rings. The van der Waals surface area contributed by atoms with E-state index in [0.29, 0.717) is 6.54 Å². The first kappa shape index (κ1) is 14.0. The number of nitrogens with one attached hydrogen (secondary N) is 1. The second-order valence-electron chi connectivity index (χ2n) is 5.07. The van der Waals surface area contributed by atoms with Crippen LogP contribution in [-0.4, -0.2) is 35.3 Å². The van der Waals surface area contributed by atoms with Crippen molar-refractivity contribution < 1.29 is 9.59 Å². The average Bonchev–Trinajstić information content (AvgIpc) is 2.27. The van der Waals surface area contributed by atoms with Crippen LogP contribution in [0, 0.1) is 5.92 Å². The maximum Gasteiger partial charge on any atom is 0.246 e. The molecule has 4 nitrogen and oxygen atoms in total. The van der Waals surface area contributed by atoms with E-state index < -0.39 is 0 Å². The van der Waals surface area contributed by atoms with Gasteiger partial charge in [-0.3, -0.25) is 9.59 Å². The predicted molar refractivity (Wildman–Crippen MR) is 67.5 cm³/mol. The van der Waals surface area contributed by atoms with Gasteiger partial charge >= 0.3 is 0 Å². The van der Waals surface area contributed by atoms with Gasteiger partial charge in [0, 0.05) is 6.54 Å². The van der Waals surface area contributed by atoms with Gasteiger partial charge in [-0.25, -0.2) is 0 Å². The molecule has 0 aliphatic carbocycles. The summed E-state index contributed by atoms with van der Waals surface area (Å²) < 4.78 is 0. The van der Waals surface area contributed by atoms with Crippen LogP contribution in [0.5, 0.6) is 0 Å². The van der Waals surface area contributed by atoms with Crippen molar-refractivity contribution in [3.05, 3.63) is 0 Å². The van der Waals surface area contributed by atoms with Gasteiger partial charge in [0.1, 0.15) is 12.1 Å². The SMILES string of the molecule is CCCC1C(=O)NC(C(C)C)C(=O)N1CCC. The third-order valence-electron chi connectivity index (χ3n) is 3.22. The van der Waals surface area contributed by atoms with Crippen molar-refractivity contribution in [1.29, 1.82) is 0 Å². The minimum atomic E-state index is -0.345. The summed E-state index contributed by atoms with van der Waals surface area (Å²) in [7, 11) is 0. The fourth-order valence-electron chi connectivity index (χ4n) is 2.30. The molecule has 1 N–H and O–H groups in total. The number of amides is 2. The van der Waals surface area contributed by atoms with Crippen molar-refractivity contribution in [1.82, 2.24) is 10.2 Å². The van der Waals surface area contributed by atoms with E-state index in [1.807, 2.05) is 27.7 Å². The lowest BCUT2D eigenvalue weighted by molar-refractivity contribution is -0.150. The third-order valence-corrected chi connectivity index (χ3v) is 3.22. The van der Waals surface area contributed by atoms with E-state index in [0.717, 1.165) is 19.3 Å². The molecule has 1 aliphatic heterocycles. The Balaban J connectivity index is 2.88. The molecule has 4 heteroatoms. The molecule has 0 saturated carbocycles. The molecule has 0 aromatic carbocycles. The predicted octanol–water partition coefficient (Wildman–Crippen LogP) is 1.55. The summed E-state index contributed by atoms with van der Waals surface area (Å²) in [5.41, 5.74) is 0. The molecule has 98 valence electrons. The van der Waals surface area contributed by atoms with Crippen LogP contribution in [0.2, 0.25) is 0 Å². The van der Waals surface area contributed by atoms with Crippen LogP contribution < -0.4 is 5.32 Å². The summed E-state index contributed by atoms with van der Waals surface area (Å²) in [5, 5.41) is 2.86. The first-order valence-corrected chi connectivity index (χ1v) is 6.63. The monoisotopic (exact) mass is 240 g/mol. The van der Waals surface area contributed by atoms with E-state index in [1.54, 1.807) is 4.90 Å². The number of nitrogens with zero attached hydrogens (tertiary/aromatic N) is 1. The molecule has 0 bridgehead atoms. The second kappa shape index (κ2) is 6.03. The maximum absolute atomic E-state index is 12.3. The number of piperazine rings is 1. The Hall–Kier alpha value is -1.06. The second-order valence-corrected chi connectivity index (χ2v) is 5.07. The van der Waals surface area contributed by atoms with Gasteiger partial charge in [-0.15, -0.1) is 0 Å². The highest BCUT2D eigenvalue weighted by molar-refractivity contribution is 5.97. The average molecular weight is 240 g/mol. The molecule has 17 heavy (non-hydrogen) atoms. The molecular formula is C13H24N2O2. The van der Waals surface area contributed by atoms with Crippen LogP contribution in [0.25, 0.3) is 0 Å². The van der Waals surface area contributed by atoms with E-state index >= 15 is 0 Å². The molecule has 0 spiro atoms. The highest BCUT2D eigenvalue weighted by Crippen LogP contribution is 2.18. The molecule has 0 radical (unpaired) electrons. The summed E-state index contributed by atoms with van der Waals surface area (Å²) in [6.07, 6.45) is 2.56. The lowest BCUT2D eigenvalue weighted by atomic mass is 9.96. The van der Waals surface area contributed by atoms with Gasteiger partial charge < -0.3 is 10.2 Å². The molecule has 0 aromatic heterocycles. The fraction of sp³-hybridized carbons (Fsp3) is 0.846. The molecule has 2 amide bonds. The molecule has 1 fully saturated rings. The summed E-state index contributed by atoms with van der Waals surface area (Å²) in [4.78, 5) is 26.1. The van der Waals surface area contributed by atoms with E-state index in [9.17, 15) is 9.59 Å². The first-order chi connectivity index (χ1) is 8.02. The van der Waals surface area contributed by atoms with Gasteiger partial charge in [0.15, 0.2) is 0 Å². The lowest BCUT2D eigenvalue weighted by Crippen LogP contribution is -2.64. The zero-order chi connectivity index (χ0) is 13.0. The van der Waals surface area contributed by atoms with Crippen LogP contribution in [0.4, 0.5) is 0 Å². The zero-order valence-corrected chi connectivity index (χ0v) is 11.3. The van der Waals surface area contributed by atoms with E-state index in [1.165, 1.54) is 0 Å². The Morgan fingerprint density at radius 2 is 1.88 bits per heavy atom. The van der Waals surface area contributed by atoms with Crippen molar-refractivity contribution in [2.45, 2.75) is 59.0 Å². The molecule has 2 unspecified atom stereocenters. The summed E-state index contributed by atoms with van der Waals surface area (Å²) in [6.45, 7) is 8.68. The van der Waals surface area contributed by atoms with Crippen LogP contribution in [0.1, 0.15) is 47.0 Å². The van der Waals surface area contributed by atoms with Crippen LogP contribution in [0.15, 0.2) is 0 Å². The molecule has 1 aliphatic rings. The van der Waals surface area contributed by atoms with Crippen LogP contribution in [0.3, 0.4) is 0 Å². The van der Waals surface area contributed by atoms with Gasteiger partial charge in [0.25, 0.3) is 0 Å². The number of carbonyl (C=O) groups excluding carboxylic acids is 2. The van der Waals surface area contributed by atoms with Gasteiger partial charge in [-0.1, -0.05) is 34.1 Å². The molecule has 1 saturated heterocycles. The fourth-order valence-corrected chi connectivity index (χ4v) is 2.30. The Kier molecular flexibility index (Phi) is 4.97. The van der Waals surface area contributed by atoms with Crippen molar-refractivity contribution in [3.8, 4) is 0 Å². The minimum Gasteiger partial charge on any atom is -0.342 e. The van der Waals surface area contributed by atoms with Crippen molar-refractivity contribution in [2.75, 3.05) is 6.54 Å². The Morgan fingerprint density at radius 1 is 1.24 bits per heavy atom. The summed E-state index contributed by atoms with van der Waals surface area (Å²) in [5.74, 6) is 0.242. The topological polar surface area (TPSA) is 49.4 Å². The molecule has 1 heterocycles. The van der Waals surface area contributed by atoms with Gasteiger partial charge in [0.05, 0.1) is 0 Å². The molecule has 1 rings (SSSR count). The highest BCUT2D eigenvalue weighted by Gasteiger charge is 2.40. The number of carbonyl (C=O) groups is 2. The zero-order valence-electron chi connectivity index (χ0n) is 11.3. The van der Waals surface area contributed by atoms with E-state index in [-0.39, 0.29) is 29.8 Å². The van der Waals surface area contributed by atoms with Gasteiger partial charge in [-0.05, 0) is 18.8 Å². The molecule has 2 atom stereocenters. The van der Waals surface area contributed by atoms with Crippen molar-refractivity contribution in [2.24, 2.45) is 5.92 Å². The number of hydrogen-bond donors (Lipinski definition) is 1. The summed E-state index contributed by atoms with van der Waals surface area (Å²) in [6, 6.07) is -0.607. The Bertz CT molecular complexity index is 289. The van der Waals surface area contributed by atoms with Crippen LogP contribution in [-0.2, 0) is 9.59 Å². The van der Waals surface area contributed by atoms with Gasteiger partial charge in [-0.2, -0.15) is 0 Å². The van der Waals surface area contributed by atoms with E-state index in [4.69, 9.17) is 0 Å².